The molecule has 0 N–H and O–H groups in total. The molecule has 1 heterocycles. The molecule has 0 aromatic heterocycles. The molecule has 0 spiro atoms. The summed E-state index contributed by atoms with van der Waals surface area (Å²) in [7, 11) is -3.35. The zero-order valence-corrected chi connectivity index (χ0v) is 13.6. The van der Waals surface area contributed by atoms with Crippen LogP contribution in [0, 0.1) is 0 Å². The molecular weight excluding hydrogens is 326 g/mol. The van der Waals surface area contributed by atoms with Crippen LogP contribution in [0.2, 0.25) is 0 Å². The summed E-state index contributed by atoms with van der Waals surface area (Å²) in [4.78, 5) is 0.393. The van der Waals surface area contributed by atoms with E-state index >= 15 is 0 Å². The van der Waals surface area contributed by atoms with Crippen molar-refractivity contribution in [3.05, 3.63) is 28.7 Å². The van der Waals surface area contributed by atoms with Crippen molar-refractivity contribution in [2.75, 3.05) is 6.54 Å². The molecule has 0 radical (unpaired) electrons. The lowest BCUT2D eigenvalue weighted by atomic mass is 10.0. The van der Waals surface area contributed by atoms with Crippen LogP contribution in [0.5, 0.6) is 0 Å². The molecule has 1 aromatic rings. The van der Waals surface area contributed by atoms with E-state index in [1.807, 2.05) is 6.07 Å². The maximum atomic E-state index is 12.7. The standard InChI is InChI=1S/C14H20BrNO2S/c1-2-6-13-8-3-4-10-16(13)19(17,18)14-9-5-7-12(15)11-14/h5,7,9,11,13H,2-4,6,8,10H2,1H3. The lowest BCUT2D eigenvalue weighted by molar-refractivity contribution is 0.239. The van der Waals surface area contributed by atoms with Gasteiger partial charge in [-0.3, -0.25) is 0 Å². The highest BCUT2D eigenvalue weighted by molar-refractivity contribution is 9.10. The summed E-state index contributed by atoms with van der Waals surface area (Å²) in [5.41, 5.74) is 0. The van der Waals surface area contributed by atoms with Gasteiger partial charge in [-0.05, 0) is 37.5 Å². The summed E-state index contributed by atoms with van der Waals surface area (Å²) in [6.45, 7) is 2.76. The quantitative estimate of drug-likeness (QED) is 0.832. The van der Waals surface area contributed by atoms with Gasteiger partial charge in [0.25, 0.3) is 0 Å². The first-order valence-electron chi connectivity index (χ1n) is 6.83. The van der Waals surface area contributed by atoms with Crippen LogP contribution in [-0.4, -0.2) is 25.3 Å². The smallest absolute Gasteiger partial charge is 0.207 e. The molecule has 1 saturated heterocycles. The minimum absolute atomic E-state index is 0.169. The highest BCUT2D eigenvalue weighted by atomic mass is 79.9. The average molecular weight is 346 g/mol. The fourth-order valence-corrected chi connectivity index (χ4v) is 5.00. The third-order valence-corrected chi connectivity index (χ3v) is 6.04. The Morgan fingerprint density at radius 1 is 1.37 bits per heavy atom. The van der Waals surface area contributed by atoms with E-state index in [9.17, 15) is 8.42 Å². The number of piperidine rings is 1. The second kappa shape index (κ2) is 6.37. The monoisotopic (exact) mass is 345 g/mol. The topological polar surface area (TPSA) is 37.4 Å². The first-order valence-corrected chi connectivity index (χ1v) is 9.06. The second-order valence-corrected chi connectivity index (χ2v) is 7.82. The maximum absolute atomic E-state index is 12.7. The molecule has 0 saturated carbocycles. The van der Waals surface area contributed by atoms with Gasteiger partial charge in [0.05, 0.1) is 4.90 Å². The summed E-state index contributed by atoms with van der Waals surface area (Å²) in [6.07, 6.45) is 5.06. The Bertz CT molecular complexity index is 528. The SMILES string of the molecule is CCCC1CCCCN1S(=O)(=O)c1cccc(Br)c1. The summed E-state index contributed by atoms with van der Waals surface area (Å²) in [5, 5.41) is 0. The van der Waals surface area contributed by atoms with Crippen LogP contribution < -0.4 is 0 Å². The largest absolute Gasteiger partial charge is 0.243 e. The molecule has 106 valence electrons. The first kappa shape index (κ1) is 15.0. The molecule has 2 rings (SSSR count). The summed E-state index contributed by atoms with van der Waals surface area (Å²) < 4.78 is 28.0. The molecule has 3 nitrogen and oxygen atoms in total. The van der Waals surface area contributed by atoms with E-state index in [1.54, 1.807) is 22.5 Å². The van der Waals surface area contributed by atoms with Gasteiger partial charge in [-0.15, -0.1) is 0 Å². The maximum Gasteiger partial charge on any atom is 0.243 e. The number of rotatable bonds is 4. The van der Waals surface area contributed by atoms with Gasteiger partial charge in [0.1, 0.15) is 0 Å². The zero-order valence-electron chi connectivity index (χ0n) is 11.2. The lowest BCUT2D eigenvalue weighted by Crippen LogP contribution is -2.43. The molecule has 1 unspecified atom stereocenters. The van der Waals surface area contributed by atoms with Crippen molar-refractivity contribution in [1.82, 2.24) is 4.31 Å². The molecule has 0 aliphatic carbocycles. The Kier molecular flexibility index (Phi) is 5.03. The molecule has 1 atom stereocenters. The molecular formula is C14H20BrNO2S. The molecule has 1 fully saturated rings. The average Bonchev–Trinajstić information content (AvgIpc) is 2.39. The molecule has 0 bridgehead atoms. The molecule has 19 heavy (non-hydrogen) atoms. The van der Waals surface area contributed by atoms with Gasteiger partial charge < -0.3 is 0 Å². The first-order chi connectivity index (χ1) is 9.05. The Morgan fingerprint density at radius 2 is 2.16 bits per heavy atom. The number of hydrogen-bond donors (Lipinski definition) is 0. The van der Waals surface area contributed by atoms with Gasteiger partial charge in [0.15, 0.2) is 0 Å². The Hall–Kier alpha value is -0.390. The van der Waals surface area contributed by atoms with Crippen molar-refractivity contribution in [2.45, 2.75) is 50.0 Å². The zero-order chi connectivity index (χ0) is 13.9. The number of nitrogens with zero attached hydrogens (tertiary/aromatic N) is 1. The molecule has 1 aliphatic rings. The van der Waals surface area contributed by atoms with Gasteiger partial charge >= 0.3 is 0 Å². The van der Waals surface area contributed by atoms with Gasteiger partial charge in [0, 0.05) is 17.1 Å². The van der Waals surface area contributed by atoms with Crippen LogP contribution in [-0.2, 0) is 10.0 Å². The second-order valence-electron chi connectivity index (χ2n) is 5.01. The predicted octanol–water partition coefficient (Wildman–Crippen LogP) is 3.79. The van der Waals surface area contributed by atoms with Gasteiger partial charge in [0.2, 0.25) is 10.0 Å². The number of sulfonamides is 1. The van der Waals surface area contributed by atoms with Crippen LogP contribution in [0.15, 0.2) is 33.6 Å². The number of hydrogen-bond acceptors (Lipinski definition) is 2. The van der Waals surface area contributed by atoms with E-state index in [1.165, 1.54) is 0 Å². The van der Waals surface area contributed by atoms with E-state index in [2.05, 4.69) is 22.9 Å². The van der Waals surface area contributed by atoms with Crippen LogP contribution in [0.1, 0.15) is 39.0 Å². The van der Waals surface area contributed by atoms with Crippen LogP contribution in [0.4, 0.5) is 0 Å². The summed E-state index contributed by atoms with van der Waals surface area (Å²) >= 11 is 3.34. The van der Waals surface area contributed by atoms with Crippen molar-refractivity contribution in [3.8, 4) is 0 Å². The van der Waals surface area contributed by atoms with Crippen LogP contribution >= 0.6 is 15.9 Å². The number of benzene rings is 1. The van der Waals surface area contributed by atoms with E-state index in [4.69, 9.17) is 0 Å². The van der Waals surface area contributed by atoms with E-state index in [-0.39, 0.29) is 6.04 Å². The Morgan fingerprint density at radius 3 is 2.84 bits per heavy atom. The van der Waals surface area contributed by atoms with Crippen molar-refractivity contribution in [3.63, 3.8) is 0 Å². The summed E-state index contributed by atoms with van der Waals surface area (Å²) in [5.74, 6) is 0. The molecule has 1 aliphatic heterocycles. The molecule has 5 heteroatoms. The Balaban J connectivity index is 2.31. The minimum Gasteiger partial charge on any atom is -0.207 e. The highest BCUT2D eigenvalue weighted by Gasteiger charge is 2.32. The van der Waals surface area contributed by atoms with Crippen molar-refractivity contribution < 1.29 is 8.42 Å². The van der Waals surface area contributed by atoms with Crippen LogP contribution in [0.25, 0.3) is 0 Å². The Labute approximate surface area is 124 Å². The van der Waals surface area contributed by atoms with Crippen LogP contribution in [0.3, 0.4) is 0 Å². The van der Waals surface area contributed by atoms with Crippen molar-refractivity contribution in [2.24, 2.45) is 0 Å². The number of halogens is 1. The third kappa shape index (κ3) is 3.38. The van der Waals surface area contributed by atoms with E-state index in [0.29, 0.717) is 11.4 Å². The fourth-order valence-electron chi connectivity index (χ4n) is 2.67. The third-order valence-electron chi connectivity index (χ3n) is 3.60. The van der Waals surface area contributed by atoms with Gasteiger partial charge in [-0.2, -0.15) is 4.31 Å². The molecule has 0 amide bonds. The van der Waals surface area contributed by atoms with Gasteiger partial charge in [-0.25, -0.2) is 8.42 Å². The minimum atomic E-state index is -3.35. The van der Waals surface area contributed by atoms with E-state index in [0.717, 1.165) is 36.6 Å². The summed E-state index contributed by atoms with van der Waals surface area (Å²) in [6, 6.07) is 7.15. The van der Waals surface area contributed by atoms with Crippen molar-refractivity contribution in [1.29, 1.82) is 0 Å². The van der Waals surface area contributed by atoms with Gasteiger partial charge in [-0.1, -0.05) is 41.8 Å². The fraction of sp³-hybridized carbons (Fsp3) is 0.571. The molecule has 1 aromatic carbocycles. The van der Waals surface area contributed by atoms with E-state index < -0.39 is 10.0 Å². The lowest BCUT2D eigenvalue weighted by Gasteiger charge is -2.34. The normalized spacial score (nSPS) is 21.5. The van der Waals surface area contributed by atoms with Crippen molar-refractivity contribution >= 4 is 26.0 Å². The predicted molar refractivity (Wildman–Crippen MR) is 80.6 cm³/mol. The highest BCUT2D eigenvalue weighted by Crippen LogP contribution is 2.28.